The number of carboxylic acid groups (broad SMARTS) is 1. The molecule has 1 aliphatic rings. The zero-order valence-corrected chi connectivity index (χ0v) is 18.0. The highest BCUT2D eigenvalue weighted by Gasteiger charge is 2.30. The minimum absolute atomic E-state index is 0.000494. The Bertz CT molecular complexity index is 828. The molecule has 1 unspecified atom stereocenters. The molecule has 0 aromatic heterocycles. The molecule has 6 nitrogen and oxygen atoms in total. The molecule has 0 amide bonds. The van der Waals surface area contributed by atoms with Gasteiger partial charge in [-0.05, 0) is 75.2 Å². The van der Waals surface area contributed by atoms with Crippen LogP contribution in [0.1, 0.15) is 43.9 Å². The van der Waals surface area contributed by atoms with Crippen molar-refractivity contribution in [1.29, 1.82) is 0 Å². The second-order valence-corrected chi connectivity index (χ2v) is 7.40. The first-order valence-electron chi connectivity index (χ1n) is 10.6. The van der Waals surface area contributed by atoms with Crippen LogP contribution in [0.2, 0.25) is 0 Å². The van der Waals surface area contributed by atoms with E-state index in [1.165, 1.54) is 0 Å². The monoisotopic (exact) mass is 413 g/mol. The van der Waals surface area contributed by atoms with Crippen LogP contribution >= 0.6 is 0 Å². The fourth-order valence-electron chi connectivity index (χ4n) is 4.04. The van der Waals surface area contributed by atoms with E-state index in [2.05, 4.69) is 23.1 Å². The number of hydrogen-bond donors (Lipinski definition) is 1. The Hall–Kier alpha value is -2.73. The molecular weight excluding hydrogens is 382 g/mol. The van der Waals surface area contributed by atoms with Gasteiger partial charge in [-0.25, -0.2) is 0 Å². The fraction of sp³-hybridized carbons (Fsp3) is 0.458. The van der Waals surface area contributed by atoms with Gasteiger partial charge in [-0.15, -0.1) is 0 Å². The van der Waals surface area contributed by atoms with Gasteiger partial charge in [-0.3, -0.25) is 9.69 Å². The quantitative estimate of drug-likeness (QED) is 0.658. The van der Waals surface area contributed by atoms with Crippen LogP contribution in [0, 0.1) is 5.92 Å². The van der Waals surface area contributed by atoms with Crippen molar-refractivity contribution in [2.24, 2.45) is 5.92 Å². The average Bonchev–Trinajstić information content (AvgIpc) is 2.77. The van der Waals surface area contributed by atoms with E-state index in [0.29, 0.717) is 26.1 Å². The van der Waals surface area contributed by atoms with Crippen molar-refractivity contribution >= 4 is 5.97 Å². The highest BCUT2D eigenvalue weighted by atomic mass is 16.5. The molecule has 0 spiro atoms. The molecule has 1 heterocycles. The Morgan fingerprint density at radius 1 is 1.00 bits per heavy atom. The van der Waals surface area contributed by atoms with Gasteiger partial charge < -0.3 is 19.3 Å². The summed E-state index contributed by atoms with van der Waals surface area (Å²) in [4.78, 5) is 13.7. The van der Waals surface area contributed by atoms with Gasteiger partial charge >= 0.3 is 5.97 Å². The van der Waals surface area contributed by atoms with Gasteiger partial charge in [0.1, 0.15) is 5.75 Å². The summed E-state index contributed by atoms with van der Waals surface area (Å²) in [7, 11) is 1.66. The lowest BCUT2D eigenvalue weighted by Crippen LogP contribution is -2.39. The van der Waals surface area contributed by atoms with Gasteiger partial charge in [-0.1, -0.05) is 18.2 Å². The van der Waals surface area contributed by atoms with Crippen molar-refractivity contribution in [2.75, 3.05) is 33.4 Å². The smallest absolute Gasteiger partial charge is 0.306 e. The largest absolute Gasteiger partial charge is 0.497 e. The predicted octanol–water partition coefficient (Wildman–Crippen LogP) is 4.38. The number of piperidine rings is 1. The number of carbonyl (C=O) groups is 1. The molecule has 6 heteroatoms. The highest BCUT2D eigenvalue weighted by Crippen LogP contribution is 2.37. The zero-order chi connectivity index (χ0) is 21.5. The van der Waals surface area contributed by atoms with E-state index in [1.54, 1.807) is 7.11 Å². The number of rotatable bonds is 9. The molecule has 1 saturated heterocycles. The summed E-state index contributed by atoms with van der Waals surface area (Å²) >= 11 is 0. The number of carboxylic acids is 1. The number of benzene rings is 2. The normalized spacial score (nSPS) is 16.1. The van der Waals surface area contributed by atoms with Crippen molar-refractivity contribution in [3.63, 3.8) is 0 Å². The molecule has 2 aromatic rings. The molecule has 0 saturated carbocycles. The summed E-state index contributed by atoms with van der Waals surface area (Å²) < 4.78 is 16.9. The van der Waals surface area contributed by atoms with E-state index in [0.717, 1.165) is 41.5 Å². The molecular formula is C24H31NO5. The van der Waals surface area contributed by atoms with Crippen LogP contribution in [0.3, 0.4) is 0 Å². The molecule has 30 heavy (non-hydrogen) atoms. The highest BCUT2D eigenvalue weighted by molar-refractivity contribution is 5.70. The molecule has 1 N–H and O–H groups in total. The lowest BCUT2D eigenvalue weighted by molar-refractivity contribution is -0.143. The van der Waals surface area contributed by atoms with Crippen LogP contribution in [0.25, 0.3) is 0 Å². The third-order valence-corrected chi connectivity index (χ3v) is 5.56. The Kier molecular flexibility index (Phi) is 7.57. The van der Waals surface area contributed by atoms with Gasteiger partial charge in [0, 0.05) is 0 Å². The SMILES string of the molecule is CCOc1ccc(C(c2ccc(OC)cc2)N2CCC(C(=O)O)CC2)cc1OCC. The zero-order valence-electron chi connectivity index (χ0n) is 18.0. The summed E-state index contributed by atoms with van der Waals surface area (Å²) in [6, 6.07) is 14.2. The van der Waals surface area contributed by atoms with Crippen molar-refractivity contribution in [3.05, 3.63) is 53.6 Å². The minimum Gasteiger partial charge on any atom is -0.497 e. The van der Waals surface area contributed by atoms with E-state index >= 15 is 0 Å². The molecule has 162 valence electrons. The maximum Gasteiger partial charge on any atom is 0.306 e. The van der Waals surface area contributed by atoms with Gasteiger partial charge in [0.25, 0.3) is 0 Å². The van der Waals surface area contributed by atoms with E-state index < -0.39 is 5.97 Å². The molecule has 2 aromatic carbocycles. The van der Waals surface area contributed by atoms with Gasteiger partial charge in [0.2, 0.25) is 0 Å². The Morgan fingerprint density at radius 2 is 1.60 bits per heavy atom. The van der Waals surface area contributed by atoms with E-state index in [9.17, 15) is 9.90 Å². The molecule has 1 fully saturated rings. The van der Waals surface area contributed by atoms with Crippen LogP contribution in [0.4, 0.5) is 0 Å². The standard InChI is InChI=1S/C24H31NO5/c1-4-29-21-11-8-19(16-22(21)30-5-2)23(17-6-9-20(28-3)10-7-17)25-14-12-18(13-15-25)24(26)27/h6-11,16,18,23H,4-5,12-15H2,1-3H3,(H,26,27). The maximum absolute atomic E-state index is 11.4. The van der Waals surface area contributed by atoms with Gasteiger partial charge in [-0.2, -0.15) is 0 Å². The number of likely N-dealkylation sites (tertiary alicyclic amines) is 1. The van der Waals surface area contributed by atoms with Gasteiger partial charge in [0.15, 0.2) is 11.5 Å². The Morgan fingerprint density at radius 3 is 2.17 bits per heavy atom. The third kappa shape index (κ3) is 5.05. The summed E-state index contributed by atoms with van der Waals surface area (Å²) in [6.07, 6.45) is 1.30. The average molecular weight is 414 g/mol. The summed E-state index contributed by atoms with van der Waals surface area (Å²) in [5, 5.41) is 9.37. The molecule has 3 rings (SSSR count). The first-order chi connectivity index (χ1) is 14.6. The van der Waals surface area contributed by atoms with Gasteiger partial charge in [0.05, 0.1) is 32.3 Å². The first-order valence-corrected chi connectivity index (χ1v) is 10.6. The number of methoxy groups -OCH3 is 1. The summed E-state index contributed by atoms with van der Waals surface area (Å²) in [5.74, 6) is 1.31. The molecule has 0 radical (unpaired) electrons. The van der Waals surface area contributed by atoms with Crippen LogP contribution < -0.4 is 14.2 Å². The summed E-state index contributed by atoms with van der Waals surface area (Å²) in [6.45, 7) is 6.50. The molecule has 1 atom stereocenters. The lowest BCUT2D eigenvalue weighted by atomic mass is 9.91. The number of hydrogen-bond acceptors (Lipinski definition) is 5. The predicted molar refractivity (Wildman–Crippen MR) is 116 cm³/mol. The molecule has 1 aliphatic heterocycles. The van der Waals surface area contributed by atoms with E-state index in [1.807, 2.05) is 38.1 Å². The second kappa shape index (κ2) is 10.3. The van der Waals surface area contributed by atoms with Crippen molar-refractivity contribution in [1.82, 2.24) is 4.90 Å². The van der Waals surface area contributed by atoms with Crippen molar-refractivity contribution in [2.45, 2.75) is 32.7 Å². The number of ether oxygens (including phenoxy) is 3. The van der Waals surface area contributed by atoms with Crippen molar-refractivity contribution in [3.8, 4) is 17.2 Å². The Labute approximate surface area is 178 Å². The van der Waals surface area contributed by atoms with Crippen LogP contribution in [-0.2, 0) is 4.79 Å². The third-order valence-electron chi connectivity index (χ3n) is 5.56. The van der Waals surface area contributed by atoms with Crippen LogP contribution in [0.5, 0.6) is 17.2 Å². The van der Waals surface area contributed by atoms with Crippen molar-refractivity contribution < 1.29 is 24.1 Å². The first kappa shape index (κ1) is 22.0. The maximum atomic E-state index is 11.4. The van der Waals surface area contributed by atoms with E-state index in [4.69, 9.17) is 14.2 Å². The fourth-order valence-corrected chi connectivity index (χ4v) is 4.04. The van der Waals surface area contributed by atoms with Crippen LogP contribution in [0.15, 0.2) is 42.5 Å². The molecule has 0 aliphatic carbocycles. The summed E-state index contributed by atoms with van der Waals surface area (Å²) in [5.41, 5.74) is 2.23. The van der Waals surface area contributed by atoms with E-state index in [-0.39, 0.29) is 12.0 Å². The number of nitrogens with zero attached hydrogens (tertiary/aromatic N) is 1. The molecule has 0 bridgehead atoms. The van der Waals surface area contributed by atoms with Crippen LogP contribution in [-0.4, -0.2) is 49.4 Å². The Balaban J connectivity index is 1.96. The minimum atomic E-state index is -0.699. The number of aliphatic carboxylic acids is 1. The second-order valence-electron chi connectivity index (χ2n) is 7.40. The lowest BCUT2D eigenvalue weighted by Gasteiger charge is -2.37. The topological polar surface area (TPSA) is 68.2 Å².